The molecule has 1 aromatic heterocycles. The van der Waals surface area contributed by atoms with Crippen molar-refractivity contribution in [3.05, 3.63) is 35.8 Å². The molecule has 0 fully saturated rings. The van der Waals surface area contributed by atoms with Gasteiger partial charge in [-0.05, 0) is 25.5 Å². The lowest BCUT2D eigenvalue weighted by Crippen LogP contribution is -1.85. The Morgan fingerprint density at radius 3 is 2.87 bits per heavy atom. The van der Waals surface area contributed by atoms with E-state index >= 15 is 0 Å². The molecule has 1 aromatic carbocycles. The predicted octanol–water partition coefficient (Wildman–Crippen LogP) is 2.65. The van der Waals surface area contributed by atoms with Gasteiger partial charge in [-0.1, -0.05) is 19.1 Å². The molecule has 15 heavy (non-hydrogen) atoms. The smallest absolute Gasteiger partial charge is 0.116 e. The molecule has 0 amide bonds. The van der Waals surface area contributed by atoms with E-state index in [1.165, 1.54) is 0 Å². The van der Waals surface area contributed by atoms with E-state index in [9.17, 15) is 5.11 Å². The highest BCUT2D eigenvalue weighted by atomic mass is 16.3. The van der Waals surface area contributed by atoms with E-state index in [2.05, 4.69) is 16.9 Å². The highest BCUT2D eigenvalue weighted by Gasteiger charge is 2.08. The summed E-state index contributed by atoms with van der Waals surface area (Å²) in [6.45, 7) is 4.02. The largest absolute Gasteiger partial charge is 0.508 e. The average Bonchev–Trinajstić information content (AvgIpc) is 2.59. The van der Waals surface area contributed by atoms with Gasteiger partial charge in [-0.2, -0.15) is 0 Å². The molecule has 0 aliphatic carbocycles. The van der Waals surface area contributed by atoms with E-state index < -0.39 is 0 Å². The van der Waals surface area contributed by atoms with Gasteiger partial charge in [0.05, 0.1) is 5.69 Å². The first-order chi connectivity index (χ1) is 7.20. The van der Waals surface area contributed by atoms with Crippen molar-refractivity contribution in [2.24, 2.45) is 0 Å². The number of phenols is 1. The lowest BCUT2D eigenvalue weighted by Gasteiger charge is -2.00. The molecular weight excluding hydrogens is 188 g/mol. The molecule has 2 rings (SSSR count). The van der Waals surface area contributed by atoms with Gasteiger partial charge < -0.3 is 10.1 Å². The molecule has 3 heteroatoms. The van der Waals surface area contributed by atoms with Crippen LogP contribution in [0, 0.1) is 6.92 Å². The van der Waals surface area contributed by atoms with Crippen LogP contribution in [-0.4, -0.2) is 15.1 Å². The Kier molecular flexibility index (Phi) is 2.46. The summed E-state index contributed by atoms with van der Waals surface area (Å²) in [6, 6.07) is 7.17. The number of aromatic amines is 1. The van der Waals surface area contributed by atoms with Crippen molar-refractivity contribution < 1.29 is 5.11 Å². The molecule has 78 valence electrons. The van der Waals surface area contributed by atoms with Gasteiger partial charge in [-0.25, -0.2) is 4.98 Å². The van der Waals surface area contributed by atoms with Gasteiger partial charge in [0.25, 0.3) is 0 Å². The Morgan fingerprint density at radius 1 is 1.40 bits per heavy atom. The normalized spacial score (nSPS) is 10.5. The number of H-pyrrole nitrogens is 1. The maximum absolute atomic E-state index is 9.41. The maximum Gasteiger partial charge on any atom is 0.116 e. The van der Waals surface area contributed by atoms with Crippen molar-refractivity contribution in [1.82, 2.24) is 9.97 Å². The van der Waals surface area contributed by atoms with Crippen LogP contribution in [0.15, 0.2) is 24.3 Å². The van der Waals surface area contributed by atoms with E-state index in [1.807, 2.05) is 19.1 Å². The quantitative estimate of drug-likeness (QED) is 0.786. The standard InChI is InChI=1S/C12H14N2O/c1-3-11-12(14-8(2)13-11)9-5-4-6-10(15)7-9/h4-7,15H,3H2,1-2H3,(H,13,14). The highest BCUT2D eigenvalue weighted by Crippen LogP contribution is 2.24. The van der Waals surface area contributed by atoms with Gasteiger partial charge in [0.2, 0.25) is 0 Å². The molecule has 0 bridgehead atoms. The van der Waals surface area contributed by atoms with Crippen LogP contribution >= 0.6 is 0 Å². The lowest BCUT2D eigenvalue weighted by atomic mass is 10.1. The first kappa shape index (κ1) is 9.77. The topological polar surface area (TPSA) is 48.9 Å². The summed E-state index contributed by atoms with van der Waals surface area (Å²) < 4.78 is 0. The zero-order chi connectivity index (χ0) is 10.8. The molecular formula is C12H14N2O. The number of rotatable bonds is 2. The molecule has 0 saturated carbocycles. The fourth-order valence-electron chi connectivity index (χ4n) is 1.69. The first-order valence-corrected chi connectivity index (χ1v) is 5.05. The molecule has 1 heterocycles. The van der Waals surface area contributed by atoms with Gasteiger partial charge in [0.1, 0.15) is 11.6 Å². The zero-order valence-corrected chi connectivity index (χ0v) is 8.91. The summed E-state index contributed by atoms with van der Waals surface area (Å²) in [6.07, 6.45) is 0.909. The van der Waals surface area contributed by atoms with Crippen molar-refractivity contribution in [2.75, 3.05) is 0 Å². The van der Waals surface area contributed by atoms with Crippen LogP contribution in [0.4, 0.5) is 0 Å². The molecule has 0 aliphatic heterocycles. The van der Waals surface area contributed by atoms with Gasteiger partial charge >= 0.3 is 0 Å². The zero-order valence-electron chi connectivity index (χ0n) is 8.91. The third kappa shape index (κ3) is 1.86. The molecule has 0 radical (unpaired) electrons. The predicted molar refractivity (Wildman–Crippen MR) is 59.8 cm³/mol. The molecule has 0 aliphatic rings. The SMILES string of the molecule is CCc1[nH]c(C)nc1-c1cccc(O)c1. The summed E-state index contributed by atoms with van der Waals surface area (Å²) >= 11 is 0. The summed E-state index contributed by atoms with van der Waals surface area (Å²) in [5.74, 6) is 1.18. The fourth-order valence-corrected chi connectivity index (χ4v) is 1.69. The van der Waals surface area contributed by atoms with Crippen LogP contribution in [0.2, 0.25) is 0 Å². The number of aromatic hydroxyl groups is 1. The maximum atomic E-state index is 9.41. The minimum absolute atomic E-state index is 0.273. The molecule has 3 nitrogen and oxygen atoms in total. The van der Waals surface area contributed by atoms with E-state index in [4.69, 9.17) is 0 Å². The molecule has 0 spiro atoms. The molecule has 2 N–H and O–H groups in total. The monoisotopic (exact) mass is 202 g/mol. The highest BCUT2D eigenvalue weighted by molar-refractivity contribution is 5.63. The Bertz CT molecular complexity index is 474. The number of aryl methyl sites for hydroxylation is 2. The van der Waals surface area contributed by atoms with E-state index in [0.717, 1.165) is 29.2 Å². The fraction of sp³-hybridized carbons (Fsp3) is 0.250. The van der Waals surface area contributed by atoms with Crippen molar-refractivity contribution >= 4 is 0 Å². The number of nitrogens with one attached hydrogen (secondary N) is 1. The third-order valence-corrected chi connectivity index (χ3v) is 2.37. The minimum atomic E-state index is 0.273. The molecule has 0 saturated heterocycles. The average molecular weight is 202 g/mol. The minimum Gasteiger partial charge on any atom is -0.508 e. The van der Waals surface area contributed by atoms with Gasteiger partial charge in [0.15, 0.2) is 0 Å². The van der Waals surface area contributed by atoms with Gasteiger partial charge in [-0.15, -0.1) is 0 Å². The first-order valence-electron chi connectivity index (χ1n) is 5.05. The number of hydrogen-bond donors (Lipinski definition) is 2. The Balaban J connectivity index is 2.53. The molecule has 0 atom stereocenters. The van der Waals surface area contributed by atoms with E-state index in [-0.39, 0.29) is 5.75 Å². The summed E-state index contributed by atoms with van der Waals surface area (Å²) in [5, 5.41) is 9.41. The number of imidazole rings is 1. The van der Waals surface area contributed by atoms with Crippen LogP contribution < -0.4 is 0 Å². The van der Waals surface area contributed by atoms with E-state index in [0.29, 0.717) is 0 Å². The molecule has 0 unspecified atom stereocenters. The summed E-state index contributed by atoms with van der Waals surface area (Å²) in [7, 11) is 0. The Morgan fingerprint density at radius 2 is 2.20 bits per heavy atom. The van der Waals surface area contributed by atoms with Crippen LogP contribution in [-0.2, 0) is 6.42 Å². The second-order valence-electron chi connectivity index (χ2n) is 3.55. The van der Waals surface area contributed by atoms with Crippen LogP contribution in [0.1, 0.15) is 18.4 Å². The van der Waals surface area contributed by atoms with Crippen molar-refractivity contribution in [3.8, 4) is 17.0 Å². The Hall–Kier alpha value is -1.77. The lowest BCUT2D eigenvalue weighted by molar-refractivity contribution is 0.475. The van der Waals surface area contributed by atoms with Crippen LogP contribution in [0.5, 0.6) is 5.75 Å². The Labute approximate surface area is 88.8 Å². The third-order valence-electron chi connectivity index (χ3n) is 2.37. The van der Waals surface area contributed by atoms with E-state index in [1.54, 1.807) is 12.1 Å². The number of nitrogens with zero attached hydrogens (tertiary/aromatic N) is 1. The van der Waals surface area contributed by atoms with Crippen molar-refractivity contribution in [1.29, 1.82) is 0 Å². The van der Waals surface area contributed by atoms with Crippen molar-refractivity contribution in [3.63, 3.8) is 0 Å². The van der Waals surface area contributed by atoms with Gasteiger partial charge in [-0.3, -0.25) is 0 Å². The van der Waals surface area contributed by atoms with Crippen LogP contribution in [0.3, 0.4) is 0 Å². The summed E-state index contributed by atoms with van der Waals surface area (Å²) in [4.78, 5) is 7.65. The molecule has 2 aromatic rings. The summed E-state index contributed by atoms with van der Waals surface area (Å²) in [5.41, 5.74) is 3.00. The number of phenolic OH excluding ortho intramolecular Hbond substituents is 1. The second kappa shape index (κ2) is 3.77. The van der Waals surface area contributed by atoms with Crippen LogP contribution in [0.25, 0.3) is 11.3 Å². The number of aromatic nitrogens is 2. The van der Waals surface area contributed by atoms with Gasteiger partial charge in [0, 0.05) is 11.3 Å². The van der Waals surface area contributed by atoms with Crippen molar-refractivity contribution in [2.45, 2.75) is 20.3 Å². The number of benzene rings is 1. The number of hydrogen-bond acceptors (Lipinski definition) is 2. The second-order valence-corrected chi connectivity index (χ2v) is 3.55.